The SMILES string of the molecule is CCOC(=O)CN(CCOC)C(=O)CCCN. The second-order valence-electron chi connectivity index (χ2n) is 3.51. The molecule has 2 N–H and O–H groups in total. The highest BCUT2D eigenvalue weighted by Crippen LogP contribution is 1.98. The Morgan fingerprint density at radius 1 is 1.35 bits per heavy atom. The fourth-order valence-electron chi connectivity index (χ4n) is 1.27. The highest BCUT2D eigenvalue weighted by atomic mass is 16.5. The van der Waals surface area contributed by atoms with Crippen molar-refractivity contribution in [1.82, 2.24) is 4.90 Å². The van der Waals surface area contributed by atoms with Crippen molar-refractivity contribution in [3.05, 3.63) is 0 Å². The van der Waals surface area contributed by atoms with Gasteiger partial charge in [-0.1, -0.05) is 0 Å². The van der Waals surface area contributed by atoms with E-state index in [1.807, 2.05) is 0 Å². The molecular formula is C11H22N2O4. The monoisotopic (exact) mass is 246 g/mol. The third kappa shape index (κ3) is 7.70. The van der Waals surface area contributed by atoms with E-state index < -0.39 is 5.97 Å². The van der Waals surface area contributed by atoms with Gasteiger partial charge in [0, 0.05) is 20.1 Å². The van der Waals surface area contributed by atoms with Crippen LogP contribution in [0.4, 0.5) is 0 Å². The van der Waals surface area contributed by atoms with E-state index in [0.717, 1.165) is 0 Å². The Hall–Kier alpha value is -1.14. The summed E-state index contributed by atoms with van der Waals surface area (Å²) < 4.78 is 9.71. The standard InChI is InChI=1S/C11H22N2O4/c1-3-17-11(15)9-13(7-8-16-2)10(14)5-4-6-12/h3-9,12H2,1-2H3. The maximum Gasteiger partial charge on any atom is 0.325 e. The van der Waals surface area contributed by atoms with Gasteiger partial charge in [-0.2, -0.15) is 0 Å². The van der Waals surface area contributed by atoms with Crippen molar-refractivity contribution in [2.45, 2.75) is 19.8 Å². The zero-order valence-corrected chi connectivity index (χ0v) is 10.6. The molecule has 100 valence electrons. The highest BCUT2D eigenvalue weighted by molar-refractivity contribution is 5.82. The van der Waals surface area contributed by atoms with Gasteiger partial charge >= 0.3 is 5.97 Å². The van der Waals surface area contributed by atoms with E-state index in [0.29, 0.717) is 39.1 Å². The first-order chi connectivity index (χ1) is 8.15. The van der Waals surface area contributed by atoms with Crippen molar-refractivity contribution in [3.63, 3.8) is 0 Å². The lowest BCUT2D eigenvalue weighted by Crippen LogP contribution is -2.38. The topological polar surface area (TPSA) is 81.9 Å². The fourth-order valence-corrected chi connectivity index (χ4v) is 1.27. The second kappa shape index (κ2) is 10.0. The van der Waals surface area contributed by atoms with Gasteiger partial charge in [-0.05, 0) is 19.9 Å². The summed E-state index contributed by atoms with van der Waals surface area (Å²) in [5.41, 5.74) is 5.34. The number of carbonyl (C=O) groups is 2. The van der Waals surface area contributed by atoms with Crippen LogP contribution in [-0.2, 0) is 19.1 Å². The van der Waals surface area contributed by atoms with Crippen LogP contribution in [0.3, 0.4) is 0 Å². The molecule has 6 nitrogen and oxygen atoms in total. The third-order valence-electron chi connectivity index (χ3n) is 2.14. The summed E-state index contributed by atoms with van der Waals surface area (Å²) in [7, 11) is 1.55. The first kappa shape index (κ1) is 15.9. The van der Waals surface area contributed by atoms with Gasteiger partial charge in [-0.25, -0.2) is 0 Å². The molecule has 0 heterocycles. The van der Waals surface area contributed by atoms with Gasteiger partial charge in [0.1, 0.15) is 6.54 Å². The Balaban J connectivity index is 4.20. The maximum absolute atomic E-state index is 11.8. The van der Waals surface area contributed by atoms with Gasteiger partial charge in [-0.15, -0.1) is 0 Å². The molecule has 0 aromatic heterocycles. The first-order valence-electron chi connectivity index (χ1n) is 5.78. The van der Waals surface area contributed by atoms with Crippen molar-refractivity contribution in [2.24, 2.45) is 5.73 Å². The minimum absolute atomic E-state index is 0.0272. The summed E-state index contributed by atoms with van der Waals surface area (Å²) in [6, 6.07) is 0. The Bertz CT molecular complexity index is 234. The van der Waals surface area contributed by atoms with Crippen molar-refractivity contribution >= 4 is 11.9 Å². The van der Waals surface area contributed by atoms with E-state index in [9.17, 15) is 9.59 Å². The van der Waals surface area contributed by atoms with E-state index in [1.165, 1.54) is 4.90 Å². The van der Waals surface area contributed by atoms with E-state index in [4.69, 9.17) is 15.2 Å². The van der Waals surface area contributed by atoms with Gasteiger partial charge in [0.2, 0.25) is 5.91 Å². The minimum Gasteiger partial charge on any atom is -0.465 e. The number of carbonyl (C=O) groups excluding carboxylic acids is 2. The van der Waals surface area contributed by atoms with E-state index >= 15 is 0 Å². The van der Waals surface area contributed by atoms with Crippen LogP contribution in [0.2, 0.25) is 0 Å². The van der Waals surface area contributed by atoms with Crippen LogP contribution in [-0.4, -0.2) is 56.7 Å². The first-order valence-corrected chi connectivity index (χ1v) is 5.78. The van der Waals surface area contributed by atoms with Gasteiger partial charge < -0.3 is 20.1 Å². The molecule has 0 aromatic carbocycles. The summed E-state index contributed by atoms with van der Waals surface area (Å²) in [4.78, 5) is 24.5. The van der Waals surface area contributed by atoms with Crippen LogP contribution in [0, 0.1) is 0 Å². The number of methoxy groups -OCH3 is 1. The summed E-state index contributed by atoms with van der Waals surface area (Å²) in [5, 5.41) is 0. The molecule has 17 heavy (non-hydrogen) atoms. The molecule has 0 aliphatic rings. The Labute approximate surface area is 102 Å². The molecule has 0 aliphatic carbocycles. The lowest BCUT2D eigenvalue weighted by molar-refractivity contribution is -0.149. The number of nitrogens with two attached hydrogens (primary N) is 1. The molecule has 0 aromatic rings. The zero-order valence-electron chi connectivity index (χ0n) is 10.6. The number of ether oxygens (including phenoxy) is 2. The predicted molar refractivity (Wildman–Crippen MR) is 63.4 cm³/mol. The molecule has 0 atom stereocenters. The van der Waals surface area contributed by atoms with Crippen LogP contribution in [0.1, 0.15) is 19.8 Å². The molecule has 0 bridgehead atoms. The number of hydrogen-bond donors (Lipinski definition) is 1. The second-order valence-corrected chi connectivity index (χ2v) is 3.51. The predicted octanol–water partition coefficient (Wildman–Crippen LogP) is -0.237. The molecule has 0 saturated carbocycles. The molecule has 6 heteroatoms. The summed E-state index contributed by atoms with van der Waals surface area (Å²) in [5.74, 6) is -0.495. The van der Waals surface area contributed by atoms with Gasteiger partial charge in [0.15, 0.2) is 0 Å². The maximum atomic E-state index is 11.8. The Morgan fingerprint density at radius 3 is 2.59 bits per heavy atom. The number of esters is 1. The minimum atomic E-state index is -0.398. The average Bonchev–Trinajstić information content (AvgIpc) is 2.31. The zero-order chi connectivity index (χ0) is 13.1. The molecular weight excluding hydrogens is 224 g/mol. The third-order valence-corrected chi connectivity index (χ3v) is 2.14. The number of rotatable bonds is 9. The molecule has 0 radical (unpaired) electrons. The van der Waals surface area contributed by atoms with Crippen molar-refractivity contribution in [3.8, 4) is 0 Å². The van der Waals surface area contributed by atoms with Crippen molar-refractivity contribution in [2.75, 3.05) is 40.0 Å². The lowest BCUT2D eigenvalue weighted by Gasteiger charge is -2.21. The van der Waals surface area contributed by atoms with Crippen molar-refractivity contribution < 1.29 is 19.1 Å². The van der Waals surface area contributed by atoms with E-state index in [-0.39, 0.29) is 12.5 Å². The Kier molecular flexibility index (Phi) is 9.37. The quantitative estimate of drug-likeness (QED) is 0.568. The van der Waals surface area contributed by atoms with Crippen LogP contribution in [0.5, 0.6) is 0 Å². The van der Waals surface area contributed by atoms with E-state index in [1.54, 1.807) is 14.0 Å². The Morgan fingerprint density at radius 2 is 2.06 bits per heavy atom. The molecule has 1 amide bonds. The number of amides is 1. The molecule has 0 aliphatic heterocycles. The molecule has 0 rings (SSSR count). The molecule has 0 unspecified atom stereocenters. The van der Waals surface area contributed by atoms with Crippen LogP contribution in [0.25, 0.3) is 0 Å². The number of hydrogen-bond acceptors (Lipinski definition) is 5. The summed E-state index contributed by atoms with van der Waals surface area (Å²) in [6.45, 7) is 3.26. The van der Waals surface area contributed by atoms with Gasteiger partial charge in [0.05, 0.1) is 13.2 Å². The molecule has 0 fully saturated rings. The largest absolute Gasteiger partial charge is 0.465 e. The van der Waals surface area contributed by atoms with Crippen molar-refractivity contribution in [1.29, 1.82) is 0 Å². The lowest BCUT2D eigenvalue weighted by atomic mass is 10.2. The fraction of sp³-hybridized carbons (Fsp3) is 0.818. The molecule has 0 saturated heterocycles. The van der Waals surface area contributed by atoms with Gasteiger partial charge in [-0.3, -0.25) is 9.59 Å². The highest BCUT2D eigenvalue weighted by Gasteiger charge is 2.16. The van der Waals surface area contributed by atoms with Crippen LogP contribution in [0.15, 0.2) is 0 Å². The van der Waals surface area contributed by atoms with E-state index in [2.05, 4.69) is 0 Å². The summed E-state index contributed by atoms with van der Waals surface area (Å²) in [6.07, 6.45) is 0.963. The summed E-state index contributed by atoms with van der Waals surface area (Å²) >= 11 is 0. The average molecular weight is 246 g/mol. The van der Waals surface area contributed by atoms with Crippen LogP contribution < -0.4 is 5.73 Å². The van der Waals surface area contributed by atoms with Gasteiger partial charge in [0.25, 0.3) is 0 Å². The normalized spacial score (nSPS) is 10.1. The smallest absolute Gasteiger partial charge is 0.325 e. The van der Waals surface area contributed by atoms with Crippen LogP contribution >= 0.6 is 0 Å². The molecule has 0 spiro atoms. The number of nitrogens with zero attached hydrogens (tertiary/aromatic N) is 1.